The molecule has 0 spiro atoms. The molecule has 6 aromatic carbocycles. The molecule has 3 nitrogen and oxygen atoms in total. The Morgan fingerprint density at radius 3 is 1.76 bits per heavy atom. The molecule has 0 aliphatic carbocycles. The first-order chi connectivity index (χ1) is 22.3. The highest BCUT2D eigenvalue weighted by Crippen LogP contribution is 2.48. The smallest absolute Gasteiger partial charge is 0.235 e. The summed E-state index contributed by atoms with van der Waals surface area (Å²) in [4.78, 5) is 10.4. The van der Waals surface area contributed by atoms with Crippen LogP contribution in [0.4, 0.5) is 0 Å². The second-order valence-electron chi connectivity index (χ2n) is 11.4. The third-order valence-electron chi connectivity index (χ3n) is 8.83. The van der Waals surface area contributed by atoms with Crippen LogP contribution in [0.1, 0.15) is 0 Å². The van der Waals surface area contributed by atoms with Crippen molar-refractivity contribution in [3.8, 4) is 28.5 Å². The first-order valence-corrected chi connectivity index (χ1v) is 16.6. The Kier molecular flexibility index (Phi) is 5.32. The summed E-state index contributed by atoms with van der Waals surface area (Å²) in [5.74, 6) is 0.674. The zero-order valence-electron chi connectivity index (χ0n) is 23.9. The molecule has 0 saturated heterocycles. The topological polar surface area (TPSA) is 30.7 Å². The van der Waals surface area contributed by atoms with E-state index >= 15 is 0 Å². The first kappa shape index (κ1) is 25.0. The van der Waals surface area contributed by atoms with Crippen molar-refractivity contribution in [2.24, 2.45) is 0 Å². The Labute approximate surface area is 266 Å². The van der Waals surface area contributed by atoms with Gasteiger partial charge in [-0.05, 0) is 30.3 Å². The van der Waals surface area contributed by atoms with Crippen molar-refractivity contribution in [3.63, 3.8) is 0 Å². The number of hydrogen-bond donors (Lipinski definition) is 0. The van der Waals surface area contributed by atoms with Gasteiger partial charge in [0.1, 0.15) is 0 Å². The average Bonchev–Trinajstić information content (AvgIpc) is 3.78. The number of benzene rings is 6. The molecule has 5 heteroatoms. The van der Waals surface area contributed by atoms with Crippen LogP contribution in [0.2, 0.25) is 0 Å². The van der Waals surface area contributed by atoms with Crippen LogP contribution in [0.3, 0.4) is 0 Å². The molecule has 0 fully saturated rings. The molecule has 0 radical (unpaired) electrons. The van der Waals surface area contributed by atoms with Crippen molar-refractivity contribution in [3.05, 3.63) is 140 Å². The molecule has 10 aromatic rings. The Bertz CT molecular complexity index is 2700. The first-order valence-electron chi connectivity index (χ1n) is 15.0. The number of thiophene rings is 2. The van der Waals surface area contributed by atoms with Gasteiger partial charge in [-0.15, -0.1) is 22.7 Å². The van der Waals surface area contributed by atoms with E-state index in [0.717, 1.165) is 33.5 Å². The van der Waals surface area contributed by atoms with Crippen molar-refractivity contribution in [2.45, 2.75) is 0 Å². The number of nitrogens with zero attached hydrogens (tertiary/aromatic N) is 3. The van der Waals surface area contributed by atoms with Crippen LogP contribution in [0.15, 0.2) is 140 Å². The van der Waals surface area contributed by atoms with Crippen molar-refractivity contribution < 1.29 is 0 Å². The van der Waals surface area contributed by atoms with Gasteiger partial charge in [-0.2, -0.15) is 0 Å². The number of fused-ring (bicyclic) bond motifs is 11. The summed E-state index contributed by atoms with van der Waals surface area (Å²) in [6.45, 7) is 0. The second kappa shape index (κ2) is 9.57. The molecule has 0 amide bonds. The van der Waals surface area contributed by atoms with Crippen LogP contribution in [0, 0.1) is 0 Å². The van der Waals surface area contributed by atoms with Gasteiger partial charge in [0.2, 0.25) is 5.95 Å². The summed E-state index contributed by atoms with van der Waals surface area (Å²) in [6, 6.07) is 49.5. The maximum atomic E-state index is 5.22. The van der Waals surface area contributed by atoms with Gasteiger partial charge in [-0.3, -0.25) is 4.57 Å². The summed E-state index contributed by atoms with van der Waals surface area (Å²) < 4.78 is 7.60. The zero-order valence-corrected chi connectivity index (χ0v) is 25.6. The molecule has 0 aliphatic rings. The quantitative estimate of drug-likeness (QED) is 0.199. The predicted octanol–water partition coefficient (Wildman–Crippen LogP) is 11.6. The fraction of sp³-hybridized carbons (Fsp3) is 0. The van der Waals surface area contributed by atoms with E-state index in [1.165, 1.54) is 51.1 Å². The fourth-order valence-electron chi connectivity index (χ4n) is 6.82. The molecule has 0 saturated carbocycles. The Morgan fingerprint density at radius 2 is 1.02 bits per heavy atom. The van der Waals surface area contributed by atoms with Crippen LogP contribution in [0.25, 0.3) is 90.6 Å². The average molecular weight is 610 g/mol. The molecule has 0 N–H and O–H groups in total. The maximum Gasteiger partial charge on any atom is 0.235 e. The van der Waals surface area contributed by atoms with E-state index in [2.05, 4.69) is 132 Å². The van der Waals surface area contributed by atoms with Crippen LogP contribution >= 0.6 is 22.7 Å². The number of aromatic nitrogens is 3. The highest BCUT2D eigenvalue weighted by molar-refractivity contribution is 7.30. The molecule has 0 unspecified atom stereocenters. The molecule has 0 bridgehead atoms. The van der Waals surface area contributed by atoms with E-state index in [1.807, 2.05) is 34.8 Å². The normalized spacial score (nSPS) is 12.0. The van der Waals surface area contributed by atoms with Gasteiger partial charge in [-0.25, -0.2) is 9.97 Å². The van der Waals surface area contributed by atoms with Crippen LogP contribution in [-0.4, -0.2) is 14.5 Å². The van der Waals surface area contributed by atoms with E-state index in [-0.39, 0.29) is 0 Å². The van der Waals surface area contributed by atoms with Crippen LogP contribution in [-0.2, 0) is 0 Å². The van der Waals surface area contributed by atoms with Gasteiger partial charge < -0.3 is 0 Å². The van der Waals surface area contributed by atoms with Crippen LogP contribution in [0.5, 0.6) is 0 Å². The van der Waals surface area contributed by atoms with Gasteiger partial charge in [0.25, 0.3) is 0 Å². The SMILES string of the molecule is c1ccc(-c2cc(-c3ccccc3)nc(-n3c4ccccc4c4c5sc6c(ccc7sc8ccccc8c76)c5ccc43)n2)cc1. The second-order valence-corrected chi connectivity index (χ2v) is 13.5. The third kappa shape index (κ3) is 3.69. The summed E-state index contributed by atoms with van der Waals surface area (Å²) in [7, 11) is 0. The largest absolute Gasteiger partial charge is 0.278 e. The van der Waals surface area contributed by atoms with Crippen molar-refractivity contribution >= 4 is 84.8 Å². The molecule has 0 atom stereocenters. The highest BCUT2D eigenvalue weighted by atomic mass is 32.1. The molecule has 210 valence electrons. The molecule has 0 aliphatic heterocycles. The fourth-order valence-corrected chi connectivity index (χ4v) is 9.41. The van der Waals surface area contributed by atoms with E-state index in [0.29, 0.717) is 5.95 Å². The van der Waals surface area contributed by atoms with Gasteiger partial charge >= 0.3 is 0 Å². The highest BCUT2D eigenvalue weighted by Gasteiger charge is 2.21. The summed E-state index contributed by atoms with van der Waals surface area (Å²) in [5, 5.41) is 7.80. The van der Waals surface area contributed by atoms with Gasteiger partial charge in [-0.1, -0.05) is 109 Å². The van der Waals surface area contributed by atoms with Gasteiger partial charge in [0.05, 0.1) is 22.4 Å². The lowest BCUT2D eigenvalue weighted by atomic mass is 10.1. The van der Waals surface area contributed by atoms with E-state index < -0.39 is 0 Å². The van der Waals surface area contributed by atoms with Crippen LogP contribution < -0.4 is 0 Å². The molecule has 45 heavy (non-hydrogen) atoms. The summed E-state index contributed by atoms with van der Waals surface area (Å²) >= 11 is 3.79. The number of hydrogen-bond acceptors (Lipinski definition) is 4. The van der Waals surface area contributed by atoms with E-state index in [9.17, 15) is 0 Å². The minimum atomic E-state index is 0.674. The number of rotatable bonds is 3. The standard InChI is InChI=1S/C40H23N3S2/c1-3-11-24(12-4-1)30-23-31(25-13-5-2-6-14-25)42-40(41-30)43-32-17-9-7-15-28(32)36-33(43)21-19-26-27-20-22-35-37(39(27)45-38(26)36)29-16-8-10-18-34(29)44-35/h1-23H. The lowest BCUT2D eigenvalue weighted by Gasteiger charge is -2.11. The maximum absolute atomic E-state index is 5.22. The van der Waals surface area contributed by atoms with E-state index in [4.69, 9.17) is 9.97 Å². The van der Waals surface area contributed by atoms with Gasteiger partial charge in [0.15, 0.2) is 0 Å². The zero-order chi connectivity index (χ0) is 29.5. The number of para-hydroxylation sites is 1. The predicted molar refractivity (Wildman–Crippen MR) is 193 cm³/mol. The molecule has 10 rings (SSSR count). The minimum Gasteiger partial charge on any atom is -0.278 e. The van der Waals surface area contributed by atoms with Crippen molar-refractivity contribution in [1.29, 1.82) is 0 Å². The van der Waals surface area contributed by atoms with Crippen molar-refractivity contribution in [1.82, 2.24) is 14.5 Å². The summed E-state index contributed by atoms with van der Waals surface area (Å²) in [5.41, 5.74) is 6.16. The molecular formula is C40H23N3S2. The minimum absolute atomic E-state index is 0.674. The monoisotopic (exact) mass is 609 g/mol. The lowest BCUT2D eigenvalue weighted by molar-refractivity contribution is 0.996. The molecular weight excluding hydrogens is 587 g/mol. The molecule has 4 aromatic heterocycles. The van der Waals surface area contributed by atoms with E-state index in [1.54, 1.807) is 0 Å². The lowest BCUT2D eigenvalue weighted by Crippen LogP contribution is -2.03. The Hall–Kier alpha value is -5.36. The summed E-state index contributed by atoms with van der Waals surface area (Å²) in [6.07, 6.45) is 0. The Balaban J connectivity index is 1.31. The van der Waals surface area contributed by atoms with Crippen molar-refractivity contribution in [2.75, 3.05) is 0 Å². The third-order valence-corrected chi connectivity index (χ3v) is 11.2. The van der Waals surface area contributed by atoms with Gasteiger partial charge in [0, 0.05) is 62.2 Å². The Morgan fingerprint density at radius 1 is 0.422 bits per heavy atom. The molecule has 4 heterocycles.